The smallest absolute Gasteiger partial charge is 0.226 e. The van der Waals surface area contributed by atoms with Crippen molar-refractivity contribution in [2.75, 3.05) is 0 Å². The SMILES string of the molecule is CCc1nc(C2CC(N)C2)no1. The van der Waals surface area contributed by atoms with Gasteiger partial charge >= 0.3 is 0 Å². The minimum absolute atomic E-state index is 0.346. The number of nitrogens with two attached hydrogens (primary N) is 1. The molecule has 0 aliphatic heterocycles. The molecule has 0 saturated heterocycles. The molecular formula is C8H13N3O. The molecule has 4 nitrogen and oxygen atoms in total. The van der Waals surface area contributed by atoms with Crippen LogP contribution in [0.3, 0.4) is 0 Å². The summed E-state index contributed by atoms with van der Waals surface area (Å²) in [5.74, 6) is 2.02. The van der Waals surface area contributed by atoms with Crippen molar-refractivity contribution in [2.24, 2.45) is 5.73 Å². The van der Waals surface area contributed by atoms with E-state index in [1.54, 1.807) is 0 Å². The maximum Gasteiger partial charge on any atom is 0.226 e. The van der Waals surface area contributed by atoms with Gasteiger partial charge in [-0.3, -0.25) is 0 Å². The third kappa shape index (κ3) is 1.22. The van der Waals surface area contributed by atoms with Gasteiger partial charge in [0, 0.05) is 18.4 Å². The van der Waals surface area contributed by atoms with Crippen molar-refractivity contribution in [2.45, 2.75) is 38.1 Å². The normalized spacial score (nSPS) is 28.5. The van der Waals surface area contributed by atoms with E-state index in [1.807, 2.05) is 6.92 Å². The highest BCUT2D eigenvalue weighted by Crippen LogP contribution is 2.33. The van der Waals surface area contributed by atoms with Gasteiger partial charge in [0.1, 0.15) is 0 Å². The molecule has 0 amide bonds. The molecule has 1 aromatic rings. The van der Waals surface area contributed by atoms with E-state index in [-0.39, 0.29) is 0 Å². The summed E-state index contributed by atoms with van der Waals surface area (Å²) < 4.78 is 5.00. The largest absolute Gasteiger partial charge is 0.339 e. The van der Waals surface area contributed by atoms with Gasteiger partial charge in [-0.25, -0.2) is 0 Å². The number of aryl methyl sites for hydroxylation is 1. The zero-order chi connectivity index (χ0) is 8.55. The maximum absolute atomic E-state index is 5.66. The number of rotatable bonds is 2. The van der Waals surface area contributed by atoms with Gasteiger partial charge in [0.15, 0.2) is 5.82 Å². The monoisotopic (exact) mass is 167 g/mol. The Balaban J connectivity index is 2.04. The van der Waals surface area contributed by atoms with Crippen molar-refractivity contribution >= 4 is 0 Å². The first-order valence-electron chi connectivity index (χ1n) is 4.37. The zero-order valence-electron chi connectivity index (χ0n) is 7.16. The molecule has 1 heterocycles. The van der Waals surface area contributed by atoms with Gasteiger partial charge in [0.2, 0.25) is 5.89 Å². The fourth-order valence-electron chi connectivity index (χ4n) is 1.45. The van der Waals surface area contributed by atoms with Gasteiger partial charge in [0.25, 0.3) is 0 Å². The maximum atomic E-state index is 5.66. The lowest BCUT2D eigenvalue weighted by Crippen LogP contribution is -2.35. The Morgan fingerprint density at radius 1 is 1.58 bits per heavy atom. The van der Waals surface area contributed by atoms with Gasteiger partial charge in [-0.1, -0.05) is 12.1 Å². The van der Waals surface area contributed by atoms with Gasteiger partial charge in [-0.15, -0.1) is 0 Å². The van der Waals surface area contributed by atoms with Crippen LogP contribution >= 0.6 is 0 Å². The van der Waals surface area contributed by atoms with E-state index in [2.05, 4.69) is 10.1 Å². The van der Waals surface area contributed by atoms with Crippen molar-refractivity contribution in [1.82, 2.24) is 10.1 Å². The second-order valence-corrected chi connectivity index (χ2v) is 3.33. The molecule has 1 saturated carbocycles. The molecule has 1 fully saturated rings. The third-order valence-corrected chi connectivity index (χ3v) is 2.33. The molecular weight excluding hydrogens is 154 g/mol. The Morgan fingerprint density at radius 2 is 2.33 bits per heavy atom. The molecule has 1 aliphatic carbocycles. The molecule has 0 radical (unpaired) electrons. The van der Waals surface area contributed by atoms with E-state index in [0.29, 0.717) is 12.0 Å². The molecule has 0 atom stereocenters. The predicted molar refractivity (Wildman–Crippen MR) is 43.6 cm³/mol. The van der Waals surface area contributed by atoms with Crippen molar-refractivity contribution in [3.05, 3.63) is 11.7 Å². The van der Waals surface area contributed by atoms with Crippen LogP contribution < -0.4 is 5.73 Å². The standard InChI is InChI=1S/C8H13N3O/c1-2-7-10-8(11-12-7)5-3-6(9)4-5/h5-6H,2-4,9H2,1H3. The minimum Gasteiger partial charge on any atom is -0.339 e. The van der Waals surface area contributed by atoms with E-state index in [0.717, 1.165) is 31.0 Å². The Bertz CT molecular complexity index is 265. The fraction of sp³-hybridized carbons (Fsp3) is 0.750. The van der Waals surface area contributed by atoms with Crippen LogP contribution in [0.15, 0.2) is 4.52 Å². The summed E-state index contributed by atoms with van der Waals surface area (Å²) >= 11 is 0. The predicted octanol–water partition coefficient (Wildman–Crippen LogP) is 0.837. The number of aromatic nitrogens is 2. The van der Waals surface area contributed by atoms with Crippen LogP contribution in [0, 0.1) is 0 Å². The lowest BCUT2D eigenvalue weighted by atomic mass is 9.80. The summed E-state index contributed by atoms with van der Waals surface area (Å²) in [5.41, 5.74) is 5.66. The lowest BCUT2D eigenvalue weighted by molar-refractivity contribution is 0.317. The van der Waals surface area contributed by atoms with E-state index in [9.17, 15) is 0 Å². The van der Waals surface area contributed by atoms with Crippen molar-refractivity contribution in [1.29, 1.82) is 0 Å². The summed E-state index contributed by atoms with van der Waals surface area (Å²) in [6.07, 6.45) is 2.82. The molecule has 1 aromatic heterocycles. The Morgan fingerprint density at radius 3 is 2.83 bits per heavy atom. The van der Waals surface area contributed by atoms with Crippen molar-refractivity contribution < 1.29 is 4.52 Å². The topological polar surface area (TPSA) is 64.9 Å². The van der Waals surface area contributed by atoms with Gasteiger partial charge < -0.3 is 10.3 Å². The van der Waals surface area contributed by atoms with Crippen LogP contribution in [0.2, 0.25) is 0 Å². The molecule has 2 N–H and O–H groups in total. The molecule has 4 heteroatoms. The molecule has 12 heavy (non-hydrogen) atoms. The molecule has 0 bridgehead atoms. The number of nitrogens with zero attached hydrogens (tertiary/aromatic N) is 2. The molecule has 2 rings (SSSR count). The van der Waals surface area contributed by atoms with Gasteiger partial charge in [-0.2, -0.15) is 4.98 Å². The average Bonchev–Trinajstić information content (AvgIpc) is 2.46. The highest BCUT2D eigenvalue weighted by Gasteiger charge is 2.30. The lowest BCUT2D eigenvalue weighted by Gasteiger charge is -2.29. The Hall–Kier alpha value is -0.900. The van der Waals surface area contributed by atoms with Crippen LogP contribution in [0.1, 0.15) is 37.4 Å². The number of hydrogen-bond donors (Lipinski definition) is 1. The van der Waals surface area contributed by atoms with Gasteiger partial charge in [0.05, 0.1) is 0 Å². The van der Waals surface area contributed by atoms with E-state index in [1.165, 1.54) is 0 Å². The number of hydrogen-bond acceptors (Lipinski definition) is 4. The Labute approximate surface area is 71.1 Å². The van der Waals surface area contributed by atoms with Crippen LogP contribution in [0.4, 0.5) is 0 Å². The van der Waals surface area contributed by atoms with Crippen LogP contribution in [-0.2, 0) is 6.42 Å². The summed E-state index contributed by atoms with van der Waals surface area (Å²) in [7, 11) is 0. The molecule has 0 aromatic carbocycles. The molecule has 66 valence electrons. The highest BCUT2D eigenvalue weighted by atomic mass is 16.5. The van der Waals surface area contributed by atoms with E-state index >= 15 is 0 Å². The van der Waals surface area contributed by atoms with Crippen molar-refractivity contribution in [3.8, 4) is 0 Å². The average molecular weight is 167 g/mol. The first-order chi connectivity index (χ1) is 5.79. The first-order valence-corrected chi connectivity index (χ1v) is 4.37. The highest BCUT2D eigenvalue weighted by molar-refractivity contribution is 5.03. The van der Waals surface area contributed by atoms with Gasteiger partial charge in [-0.05, 0) is 12.8 Å². The quantitative estimate of drug-likeness (QED) is 0.708. The summed E-state index contributed by atoms with van der Waals surface area (Å²) in [6.45, 7) is 2.00. The second kappa shape index (κ2) is 2.86. The van der Waals surface area contributed by atoms with Crippen molar-refractivity contribution in [3.63, 3.8) is 0 Å². The van der Waals surface area contributed by atoms with Crippen LogP contribution in [0.5, 0.6) is 0 Å². The summed E-state index contributed by atoms with van der Waals surface area (Å²) in [6, 6.07) is 0.346. The first kappa shape index (κ1) is 7.73. The fourth-order valence-corrected chi connectivity index (χ4v) is 1.45. The molecule has 1 aliphatic rings. The third-order valence-electron chi connectivity index (χ3n) is 2.33. The Kier molecular flexibility index (Phi) is 1.84. The second-order valence-electron chi connectivity index (χ2n) is 3.33. The zero-order valence-corrected chi connectivity index (χ0v) is 7.16. The molecule has 0 spiro atoms. The van der Waals surface area contributed by atoms with E-state index < -0.39 is 0 Å². The van der Waals surface area contributed by atoms with Crippen LogP contribution in [0.25, 0.3) is 0 Å². The molecule has 0 unspecified atom stereocenters. The van der Waals surface area contributed by atoms with E-state index in [4.69, 9.17) is 10.3 Å². The minimum atomic E-state index is 0.346. The van der Waals surface area contributed by atoms with Crippen LogP contribution in [-0.4, -0.2) is 16.2 Å². The summed E-state index contributed by atoms with van der Waals surface area (Å²) in [5, 5.41) is 3.90. The summed E-state index contributed by atoms with van der Waals surface area (Å²) in [4.78, 5) is 4.25.